The summed E-state index contributed by atoms with van der Waals surface area (Å²) in [5.41, 5.74) is 2.76. The SMILES string of the molecule is CC[Si](CC)(CC)O/C(=C(/CO)c1ccc(Cl)cc1)c1ccccc1. The molecule has 0 aromatic heterocycles. The molecule has 134 valence electrons. The van der Waals surface area contributed by atoms with Gasteiger partial charge in [0.1, 0.15) is 5.76 Å². The Balaban J connectivity index is 2.61. The molecule has 0 heterocycles. The maximum Gasteiger partial charge on any atom is 0.250 e. The van der Waals surface area contributed by atoms with Crippen molar-refractivity contribution >= 4 is 31.3 Å². The van der Waals surface area contributed by atoms with E-state index in [1.165, 1.54) is 0 Å². The predicted molar refractivity (Wildman–Crippen MR) is 110 cm³/mol. The average molecular weight is 375 g/mol. The third-order valence-electron chi connectivity index (χ3n) is 4.91. The highest BCUT2D eigenvalue weighted by atomic mass is 35.5. The lowest BCUT2D eigenvalue weighted by molar-refractivity contribution is 0.347. The molecule has 0 atom stereocenters. The van der Waals surface area contributed by atoms with Crippen LogP contribution < -0.4 is 0 Å². The van der Waals surface area contributed by atoms with E-state index in [0.717, 1.165) is 40.6 Å². The highest BCUT2D eigenvalue weighted by molar-refractivity contribution is 6.74. The van der Waals surface area contributed by atoms with Crippen molar-refractivity contribution in [3.05, 3.63) is 70.7 Å². The molecule has 0 saturated heterocycles. The molecule has 2 aromatic rings. The van der Waals surface area contributed by atoms with E-state index in [1.54, 1.807) is 0 Å². The lowest BCUT2D eigenvalue weighted by Crippen LogP contribution is -2.35. The van der Waals surface area contributed by atoms with Crippen LogP contribution in [-0.2, 0) is 4.43 Å². The van der Waals surface area contributed by atoms with Crippen LogP contribution in [0.1, 0.15) is 31.9 Å². The molecule has 2 aromatic carbocycles. The van der Waals surface area contributed by atoms with Gasteiger partial charge in [-0.15, -0.1) is 0 Å². The van der Waals surface area contributed by atoms with E-state index in [2.05, 4.69) is 20.8 Å². The standard InChI is InChI=1S/C21H27ClO2Si/c1-4-25(5-2,6-3)24-21(18-10-8-7-9-11-18)20(16-23)17-12-14-19(22)15-13-17/h7-15,23H,4-6,16H2,1-3H3/b21-20-. The van der Waals surface area contributed by atoms with Crippen molar-refractivity contribution < 1.29 is 9.53 Å². The Hall–Kier alpha value is -1.55. The minimum atomic E-state index is -1.88. The topological polar surface area (TPSA) is 29.5 Å². The van der Waals surface area contributed by atoms with Crippen LogP contribution in [0.25, 0.3) is 11.3 Å². The Morgan fingerprint density at radius 1 is 0.880 bits per heavy atom. The first-order valence-corrected chi connectivity index (χ1v) is 11.8. The minimum Gasteiger partial charge on any atom is -0.543 e. The molecule has 0 aliphatic heterocycles. The molecule has 0 unspecified atom stereocenters. The maximum absolute atomic E-state index is 10.1. The van der Waals surface area contributed by atoms with Crippen molar-refractivity contribution in [2.45, 2.75) is 38.9 Å². The van der Waals surface area contributed by atoms with Gasteiger partial charge in [0.2, 0.25) is 0 Å². The van der Waals surface area contributed by atoms with Gasteiger partial charge in [-0.1, -0.05) is 74.8 Å². The van der Waals surface area contributed by atoms with Gasteiger partial charge in [-0.05, 0) is 35.8 Å². The average Bonchev–Trinajstić information content (AvgIpc) is 2.67. The molecule has 0 fully saturated rings. The first-order chi connectivity index (χ1) is 12.1. The summed E-state index contributed by atoms with van der Waals surface area (Å²) in [6.07, 6.45) is 0. The summed E-state index contributed by atoms with van der Waals surface area (Å²) in [7, 11) is -1.88. The number of hydrogen-bond donors (Lipinski definition) is 1. The van der Waals surface area contributed by atoms with Crippen LogP contribution in [0, 0.1) is 0 Å². The van der Waals surface area contributed by atoms with Crippen LogP contribution in [0.5, 0.6) is 0 Å². The van der Waals surface area contributed by atoms with E-state index < -0.39 is 8.32 Å². The minimum absolute atomic E-state index is 0.0759. The molecule has 0 amide bonds. The van der Waals surface area contributed by atoms with E-state index >= 15 is 0 Å². The molecule has 0 radical (unpaired) electrons. The Bertz CT molecular complexity index is 683. The molecule has 2 nitrogen and oxygen atoms in total. The van der Waals surface area contributed by atoms with Crippen LogP contribution in [-0.4, -0.2) is 20.0 Å². The second-order valence-corrected chi connectivity index (χ2v) is 11.3. The van der Waals surface area contributed by atoms with E-state index in [0.29, 0.717) is 5.02 Å². The first-order valence-electron chi connectivity index (χ1n) is 8.93. The van der Waals surface area contributed by atoms with Crippen molar-refractivity contribution in [3.63, 3.8) is 0 Å². The number of halogens is 1. The van der Waals surface area contributed by atoms with Crippen molar-refractivity contribution in [3.8, 4) is 0 Å². The van der Waals surface area contributed by atoms with Gasteiger partial charge in [0.05, 0.1) is 6.61 Å². The highest BCUT2D eigenvalue weighted by Gasteiger charge is 2.32. The van der Waals surface area contributed by atoms with Gasteiger partial charge in [0.15, 0.2) is 0 Å². The normalized spacial score (nSPS) is 12.7. The molecule has 0 spiro atoms. The molecule has 25 heavy (non-hydrogen) atoms. The smallest absolute Gasteiger partial charge is 0.250 e. The molecule has 0 aliphatic rings. The summed E-state index contributed by atoms with van der Waals surface area (Å²) in [5, 5.41) is 10.8. The van der Waals surface area contributed by atoms with Gasteiger partial charge in [-0.2, -0.15) is 0 Å². The Morgan fingerprint density at radius 2 is 1.44 bits per heavy atom. The number of rotatable bonds is 8. The zero-order valence-electron chi connectivity index (χ0n) is 15.3. The zero-order valence-corrected chi connectivity index (χ0v) is 17.0. The largest absolute Gasteiger partial charge is 0.543 e. The number of aliphatic hydroxyl groups excluding tert-OH is 1. The monoisotopic (exact) mass is 374 g/mol. The van der Waals surface area contributed by atoms with Gasteiger partial charge in [0, 0.05) is 16.2 Å². The van der Waals surface area contributed by atoms with Crippen LogP contribution in [0.3, 0.4) is 0 Å². The van der Waals surface area contributed by atoms with Crippen molar-refractivity contribution in [2.75, 3.05) is 6.61 Å². The summed E-state index contributed by atoms with van der Waals surface area (Å²) in [6, 6.07) is 20.8. The van der Waals surface area contributed by atoms with E-state index in [4.69, 9.17) is 16.0 Å². The molecule has 0 saturated carbocycles. The van der Waals surface area contributed by atoms with Crippen LogP contribution in [0.4, 0.5) is 0 Å². The Kier molecular flexibility index (Phi) is 7.30. The lowest BCUT2D eigenvalue weighted by Gasteiger charge is -2.32. The predicted octanol–water partition coefficient (Wildman–Crippen LogP) is 6.22. The molecule has 0 bridgehead atoms. The first kappa shape index (κ1) is 19.8. The highest BCUT2D eigenvalue weighted by Crippen LogP contribution is 2.34. The lowest BCUT2D eigenvalue weighted by atomic mass is 10.0. The molecule has 1 N–H and O–H groups in total. The van der Waals surface area contributed by atoms with E-state index in [9.17, 15) is 5.11 Å². The fourth-order valence-electron chi connectivity index (χ4n) is 3.01. The molecular weight excluding hydrogens is 348 g/mol. The van der Waals surface area contributed by atoms with Crippen molar-refractivity contribution in [1.29, 1.82) is 0 Å². The quantitative estimate of drug-likeness (QED) is 0.337. The fourth-order valence-corrected chi connectivity index (χ4v) is 5.75. The fraction of sp³-hybridized carbons (Fsp3) is 0.333. The van der Waals surface area contributed by atoms with Crippen LogP contribution >= 0.6 is 11.6 Å². The van der Waals surface area contributed by atoms with Crippen molar-refractivity contribution in [1.82, 2.24) is 0 Å². The maximum atomic E-state index is 10.1. The third-order valence-corrected chi connectivity index (χ3v) is 9.67. The molecule has 4 heteroatoms. The van der Waals surface area contributed by atoms with Gasteiger partial charge in [0.25, 0.3) is 8.32 Å². The van der Waals surface area contributed by atoms with Crippen LogP contribution in [0.15, 0.2) is 54.6 Å². The van der Waals surface area contributed by atoms with E-state index in [1.807, 2.05) is 54.6 Å². The van der Waals surface area contributed by atoms with E-state index in [-0.39, 0.29) is 6.61 Å². The van der Waals surface area contributed by atoms with Gasteiger partial charge in [-0.25, -0.2) is 0 Å². The van der Waals surface area contributed by atoms with Crippen LogP contribution in [0.2, 0.25) is 23.2 Å². The van der Waals surface area contributed by atoms with Gasteiger partial charge in [-0.3, -0.25) is 0 Å². The Labute approximate surface area is 157 Å². The molecule has 0 aliphatic carbocycles. The Morgan fingerprint density at radius 3 is 1.92 bits per heavy atom. The summed E-state index contributed by atoms with van der Waals surface area (Å²) < 4.78 is 6.73. The van der Waals surface area contributed by atoms with Crippen molar-refractivity contribution in [2.24, 2.45) is 0 Å². The second kappa shape index (κ2) is 9.23. The summed E-state index contributed by atoms with van der Waals surface area (Å²) >= 11 is 6.03. The zero-order chi connectivity index (χ0) is 18.3. The third kappa shape index (κ3) is 4.75. The number of aliphatic hydroxyl groups is 1. The number of hydrogen-bond acceptors (Lipinski definition) is 2. The molecule has 2 rings (SSSR count). The summed E-state index contributed by atoms with van der Waals surface area (Å²) in [6.45, 7) is 6.56. The summed E-state index contributed by atoms with van der Waals surface area (Å²) in [4.78, 5) is 0. The van der Waals surface area contributed by atoms with Gasteiger partial charge >= 0.3 is 0 Å². The number of benzene rings is 2. The second-order valence-electron chi connectivity index (χ2n) is 6.18. The molecular formula is C21H27ClO2Si. The van der Waals surface area contributed by atoms with Gasteiger partial charge < -0.3 is 9.53 Å². The summed E-state index contributed by atoms with van der Waals surface area (Å²) in [5.74, 6) is 0.808.